The highest BCUT2D eigenvalue weighted by atomic mass is 19.4. The van der Waals surface area contributed by atoms with Crippen molar-refractivity contribution in [1.29, 1.82) is 0 Å². The number of aromatic nitrogens is 1. The molecule has 0 spiro atoms. The van der Waals surface area contributed by atoms with E-state index in [0.717, 1.165) is 6.92 Å². The quantitative estimate of drug-likeness (QED) is 0.671. The van der Waals surface area contributed by atoms with E-state index in [-0.39, 0.29) is 5.56 Å². The predicted molar refractivity (Wildman–Crippen MR) is 38.9 cm³/mol. The maximum atomic E-state index is 13.0. The lowest BCUT2D eigenvalue weighted by Gasteiger charge is -2.11. The summed E-state index contributed by atoms with van der Waals surface area (Å²) in [5, 5.41) is 0. The molecule has 0 fully saturated rings. The van der Waals surface area contributed by atoms with E-state index in [1.807, 2.05) is 0 Å². The van der Waals surface area contributed by atoms with E-state index in [0.29, 0.717) is 6.20 Å². The van der Waals surface area contributed by atoms with Crippen molar-refractivity contribution in [2.75, 3.05) is 0 Å². The molecule has 0 aliphatic heterocycles. The molecule has 0 N–H and O–H groups in total. The lowest BCUT2D eigenvalue weighted by atomic mass is 10.1. The van der Waals surface area contributed by atoms with Crippen LogP contribution < -0.4 is 0 Å². The van der Waals surface area contributed by atoms with E-state index in [2.05, 4.69) is 4.98 Å². The van der Waals surface area contributed by atoms with Crippen molar-refractivity contribution >= 4 is 0 Å². The lowest BCUT2D eigenvalue weighted by Crippen LogP contribution is -2.14. The summed E-state index contributed by atoms with van der Waals surface area (Å²) in [6.07, 6.45) is -7.79. The highest BCUT2D eigenvalue weighted by Crippen LogP contribution is 2.34. The molecule has 1 aromatic rings. The van der Waals surface area contributed by atoms with Crippen LogP contribution in [0.4, 0.5) is 26.3 Å². The first-order chi connectivity index (χ1) is 6.75. The van der Waals surface area contributed by atoms with Crippen molar-refractivity contribution in [3.63, 3.8) is 0 Å². The average molecular weight is 229 g/mol. The fraction of sp³-hybridized carbons (Fsp3) is 0.375. The van der Waals surface area contributed by atoms with Gasteiger partial charge < -0.3 is 0 Å². The zero-order valence-electron chi connectivity index (χ0n) is 7.37. The maximum Gasteiger partial charge on any atom is 0.436 e. The second-order valence-electron chi connectivity index (χ2n) is 2.82. The van der Waals surface area contributed by atoms with E-state index >= 15 is 0 Å². The molecule has 1 rings (SSSR count). The number of halogens is 6. The number of alkyl halides is 5. The van der Waals surface area contributed by atoms with Crippen molar-refractivity contribution in [2.24, 2.45) is 0 Å². The van der Waals surface area contributed by atoms with Crippen LogP contribution in [0.1, 0.15) is 23.2 Å². The largest absolute Gasteiger partial charge is 0.436 e. The monoisotopic (exact) mass is 229 g/mol. The van der Waals surface area contributed by atoms with Gasteiger partial charge in [-0.3, -0.25) is 0 Å². The summed E-state index contributed by atoms with van der Waals surface area (Å²) < 4.78 is 73.7. The van der Waals surface area contributed by atoms with Crippen molar-refractivity contribution in [2.45, 2.75) is 19.5 Å². The molecule has 15 heavy (non-hydrogen) atoms. The fourth-order valence-electron chi connectivity index (χ4n) is 1.05. The van der Waals surface area contributed by atoms with Crippen LogP contribution in [0.3, 0.4) is 0 Å². The van der Waals surface area contributed by atoms with Crippen LogP contribution in [0.2, 0.25) is 0 Å². The molecule has 0 aliphatic carbocycles. The minimum absolute atomic E-state index is 0.310. The van der Waals surface area contributed by atoms with Gasteiger partial charge in [-0.2, -0.15) is 13.2 Å². The molecule has 0 amide bonds. The summed E-state index contributed by atoms with van der Waals surface area (Å²) in [7, 11) is 0. The van der Waals surface area contributed by atoms with Gasteiger partial charge in [0.15, 0.2) is 11.5 Å². The molecule has 0 saturated heterocycles. The van der Waals surface area contributed by atoms with Gasteiger partial charge in [-0.05, 0) is 12.5 Å². The third-order valence-corrected chi connectivity index (χ3v) is 1.74. The van der Waals surface area contributed by atoms with Gasteiger partial charge in [-0.15, -0.1) is 0 Å². The molecule has 1 nitrogen and oxygen atoms in total. The van der Waals surface area contributed by atoms with Crippen molar-refractivity contribution in [3.8, 4) is 0 Å². The Morgan fingerprint density at radius 1 is 1.27 bits per heavy atom. The minimum atomic E-state index is -5.07. The van der Waals surface area contributed by atoms with Gasteiger partial charge in [-0.1, -0.05) is 0 Å². The highest BCUT2D eigenvalue weighted by Gasteiger charge is 2.38. The Morgan fingerprint density at radius 2 is 1.80 bits per heavy atom. The average Bonchev–Trinajstić information content (AvgIpc) is 2.00. The fourth-order valence-corrected chi connectivity index (χ4v) is 1.05. The molecular formula is C8H5F6N. The second-order valence-corrected chi connectivity index (χ2v) is 2.82. The van der Waals surface area contributed by atoms with E-state index < -0.39 is 29.7 Å². The first-order valence-corrected chi connectivity index (χ1v) is 3.75. The van der Waals surface area contributed by atoms with Gasteiger partial charge in [0.2, 0.25) is 0 Å². The molecule has 0 saturated carbocycles. The Bertz CT molecular complexity index is 370. The van der Waals surface area contributed by atoms with E-state index in [1.165, 1.54) is 0 Å². The standard InChI is InChI=1S/C8H5F6N/c1-3-2-15-6(8(12,13)14)5(9)4(3)7(10)11/h2,7H,1H3. The summed E-state index contributed by atoms with van der Waals surface area (Å²) in [6.45, 7) is 1.07. The number of hydrogen-bond donors (Lipinski definition) is 0. The Kier molecular flexibility index (Phi) is 2.92. The van der Waals surface area contributed by atoms with Gasteiger partial charge >= 0.3 is 6.18 Å². The Hall–Kier alpha value is -1.27. The first-order valence-electron chi connectivity index (χ1n) is 3.75. The molecular weight excluding hydrogens is 224 g/mol. The number of nitrogens with zero attached hydrogens (tertiary/aromatic N) is 1. The van der Waals surface area contributed by atoms with Gasteiger partial charge in [0.25, 0.3) is 6.43 Å². The summed E-state index contributed by atoms with van der Waals surface area (Å²) in [5.74, 6) is -2.00. The number of rotatable bonds is 1. The van der Waals surface area contributed by atoms with E-state index in [9.17, 15) is 26.3 Å². The Balaban J connectivity index is 3.42. The van der Waals surface area contributed by atoms with Gasteiger partial charge in [0.05, 0.1) is 5.56 Å². The number of pyridine rings is 1. The van der Waals surface area contributed by atoms with Crippen LogP contribution in [0.5, 0.6) is 0 Å². The van der Waals surface area contributed by atoms with Gasteiger partial charge in [0, 0.05) is 6.20 Å². The van der Waals surface area contributed by atoms with Crippen LogP contribution in [-0.4, -0.2) is 4.98 Å². The minimum Gasteiger partial charge on any atom is -0.249 e. The Labute approximate surface area is 80.7 Å². The molecule has 1 heterocycles. The van der Waals surface area contributed by atoms with Gasteiger partial charge in [0.1, 0.15) is 0 Å². The molecule has 0 radical (unpaired) electrons. The van der Waals surface area contributed by atoms with Crippen LogP contribution in [-0.2, 0) is 6.18 Å². The highest BCUT2D eigenvalue weighted by molar-refractivity contribution is 5.29. The van der Waals surface area contributed by atoms with Crippen LogP contribution >= 0.6 is 0 Å². The van der Waals surface area contributed by atoms with E-state index in [1.54, 1.807) is 0 Å². The molecule has 0 atom stereocenters. The van der Waals surface area contributed by atoms with Crippen LogP contribution in [0, 0.1) is 12.7 Å². The number of aryl methyl sites for hydroxylation is 1. The van der Waals surface area contributed by atoms with Crippen molar-refractivity contribution in [3.05, 3.63) is 28.8 Å². The Morgan fingerprint density at radius 3 is 2.20 bits per heavy atom. The molecule has 1 aromatic heterocycles. The van der Waals surface area contributed by atoms with Crippen molar-refractivity contribution < 1.29 is 26.3 Å². The summed E-state index contributed by atoms with van der Waals surface area (Å²) in [4.78, 5) is 2.76. The molecule has 0 aromatic carbocycles. The summed E-state index contributed by atoms with van der Waals surface area (Å²) >= 11 is 0. The van der Waals surface area contributed by atoms with Gasteiger partial charge in [-0.25, -0.2) is 18.2 Å². The van der Waals surface area contributed by atoms with E-state index in [4.69, 9.17) is 0 Å². The molecule has 0 bridgehead atoms. The summed E-state index contributed by atoms with van der Waals surface area (Å²) in [5.41, 5.74) is -3.48. The number of hydrogen-bond acceptors (Lipinski definition) is 1. The predicted octanol–water partition coefficient (Wildman–Crippen LogP) is 3.49. The zero-order chi connectivity index (χ0) is 11.8. The maximum absolute atomic E-state index is 13.0. The molecule has 84 valence electrons. The zero-order valence-corrected chi connectivity index (χ0v) is 7.37. The molecule has 0 unspecified atom stereocenters. The molecule has 7 heteroatoms. The lowest BCUT2D eigenvalue weighted by molar-refractivity contribution is -0.143. The molecule has 0 aliphatic rings. The third-order valence-electron chi connectivity index (χ3n) is 1.74. The third kappa shape index (κ3) is 2.21. The van der Waals surface area contributed by atoms with Crippen LogP contribution in [0.15, 0.2) is 6.20 Å². The smallest absolute Gasteiger partial charge is 0.249 e. The van der Waals surface area contributed by atoms with Crippen LogP contribution in [0.25, 0.3) is 0 Å². The topological polar surface area (TPSA) is 12.9 Å². The SMILES string of the molecule is Cc1cnc(C(F)(F)F)c(F)c1C(F)F. The first kappa shape index (κ1) is 11.8. The van der Waals surface area contributed by atoms with Crippen molar-refractivity contribution in [1.82, 2.24) is 4.98 Å². The second kappa shape index (κ2) is 3.71. The normalized spacial score (nSPS) is 12.3. The summed E-state index contributed by atoms with van der Waals surface area (Å²) in [6, 6.07) is 0.